The second-order valence-electron chi connectivity index (χ2n) is 5.77. The van der Waals surface area contributed by atoms with Gasteiger partial charge in [-0.3, -0.25) is 9.58 Å². The molecule has 108 valence electrons. The van der Waals surface area contributed by atoms with Crippen LogP contribution in [0, 0.1) is 0 Å². The Morgan fingerprint density at radius 3 is 2.79 bits per heavy atom. The first-order valence-corrected chi connectivity index (χ1v) is 7.10. The van der Waals surface area contributed by atoms with E-state index in [-0.39, 0.29) is 12.4 Å². The molecule has 0 unspecified atom stereocenters. The van der Waals surface area contributed by atoms with Crippen molar-refractivity contribution in [2.75, 3.05) is 19.6 Å². The molecule has 2 fully saturated rings. The van der Waals surface area contributed by atoms with E-state index in [1.165, 1.54) is 32.1 Å². The van der Waals surface area contributed by atoms with E-state index in [1.807, 2.05) is 13.2 Å². The molecule has 0 amide bonds. The molecule has 0 atom stereocenters. The zero-order valence-corrected chi connectivity index (χ0v) is 12.5. The second-order valence-corrected chi connectivity index (χ2v) is 5.77. The normalized spacial score (nSPS) is 23.2. The van der Waals surface area contributed by atoms with Gasteiger partial charge in [-0.2, -0.15) is 0 Å². The van der Waals surface area contributed by atoms with E-state index in [4.69, 9.17) is 0 Å². The number of aryl methyl sites for hydroxylation is 1. The number of aromatic nitrogens is 3. The van der Waals surface area contributed by atoms with Gasteiger partial charge in [0.1, 0.15) is 0 Å². The first-order valence-electron chi connectivity index (χ1n) is 7.10. The number of rotatable bonds is 2. The van der Waals surface area contributed by atoms with Gasteiger partial charge in [0.2, 0.25) is 0 Å². The Hall–Kier alpha value is -0.650. The molecule has 5 nitrogen and oxygen atoms in total. The zero-order chi connectivity index (χ0) is 12.4. The average molecular weight is 286 g/mol. The van der Waals surface area contributed by atoms with Gasteiger partial charge in [-0.15, -0.1) is 17.5 Å². The molecule has 19 heavy (non-hydrogen) atoms. The number of piperazine rings is 1. The highest BCUT2D eigenvalue weighted by atomic mass is 35.5. The third-order valence-electron chi connectivity index (χ3n) is 4.47. The first kappa shape index (κ1) is 14.8. The van der Waals surface area contributed by atoms with Crippen molar-refractivity contribution in [1.82, 2.24) is 25.2 Å². The number of halogens is 1. The molecule has 3 rings (SSSR count). The van der Waals surface area contributed by atoms with Gasteiger partial charge >= 0.3 is 0 Å². The Balaban J connectivity index is 0.00000133. The third kappa shape index (κ3) is 3.09. The fraction of sp³-hybridized carbons (Fsp3) is 0.846. The predicted octanol–water partition coefficient (Wildman–Crippen LogP) is 1.34. The van der Waals surface area contributed by atoms with Crippen LogP contribution in [0.3, 0.4) is 0 Å². The lowest BCUT2D eigenvalue weighted by molar-refractivity contribution is 0.0199. The van der Waals surface area contributed by atoms with E-state index >= 15 is 0 Å². The number of nitrogens with zero attached hydrogens (tertiary/aromatic N) is 4. The number of hydrogen-bond donors (Lipinski definition) is 1. The summed E-state index contributed by atoms with van der Waals surface area (Å²) in [5.41, 5.74) is 1.48. The summed E-state index contributed by atoms with van der Waals surface area (Å²) in [5, 5.41) is 11.9. The molecule has 0 radical (unpaired) electrons. The Bertz CT molecular complexity index is 391. The maximum atomic E-state index is 4.24. The van der Waals surface area contributed by atoms with Gasteiger partial charge in [-0.25, -0.2) is 0 Å². The van der Waals surface area contributed by atoms with Crippen LogP contribution in [-0.2, 0) is 13.6 Å². The highest BCUT2D eigenvalue weighted by Gasteiger charge is 2.39. The van der Waals surface area contributed by atoms with E-state index in [1.54, 1.807) is 4.68 Å². The minimum Gasteiger partial charge on any atom is -0.314 e. The van der Waals surface area contributed by atoms with Crippen molar-refractivity contribution in [2.24, 2.45) is 7.05 Å². The van der Waals surface area contributed by atoms with E-state index in [2.05, 4.69) is 20.5 Å². The van der Waals surface area contributed by atoms with E-state index in [0.29, 0.717) is 5.54 Å². The summed E-state index contributed by atoms with van der Waals surface area (Å²) in [6, 6.07) is 0. The molecular formula is C13H24ClN5. The molecule has 2 heterocycles. The van der Waals surface area contributed by atoms with Crippen LogP contribution in [0.25, 0.3) is 0 Å². The van der Waals surface area contributed by atoms with Gasteiger partial charge in [0.05, 0.1) is 5.69 Å². The van der Waals surface area contributed by atoms with Crippen LogP contribution in [0.2, 0.25) is 0 Å². The standard InChI is InChI=1S/C13H23N5.ClH/c1-17-9-12(15-16-17)10-18-8-7-14-11-13(18)5-3-2-4-6-13;/h9,14H,2-8,10-11H2,1H3;1H. The van der Waals surface area contributed by atoms with Crippen molar-refractivity contribution in [3.05, 3.63) is 11.9 Å². The van der Waals surface area contributed by atoms with Gasteiger partial charge in [0.15, 0.2) is 0 Å². The van der Waals surface area contributed by atoms with Gasteiger partial charge in [-0.05, 0) is 12.8 Å². The summed E-state index contributed by atoms with van der Waals surface area (Å²) in [4.78, 5) is 2.65. The molecule has 1 spiro atoms. The molecule has 1 aliphatic carbocycles. The lowest BCUT2D eigenvalue weighted by Crippen LogP contribution is -2.61. The van der Waals surface area contributed by atoms with Gasteiger partial charge < -0.3 is 5.32 Å². The molecule has 1 aliphatic heterocycles. The number of hydrogen-bond acceptors (Lipinski definition) is 4. The van der Waals surface area contributed by atoms with Crippen LogP contribution in [0.15, 0.2) is 6.20 Å². The molecule has 1 saturated carbocycles. The monoisotopic (exact) mass is 285 g/mol. The van der Waals surface area contributed by atoms with Gasteiger partial charge in [0.25, 0.3) is 0 Å². The average Bonchev–Trinajstić information content (AvgIpc) is 2.79. The summed E-state index contributed by atoms with van der Waals surface area (Å²) < 4.78 is 1.80. The van der Waals surface area contributed by atoms with Crippen LogP contribution in [-0.4, -0.2) is 45.1 Å². The summed E-state index contributed by atoms with van der Waals surface area (Å²) in [7, 11) is 1.94. The van der Waals surface area contributed by atoms with Crippen molar-refractivity contribution in [1.29, 1.82) is 0 Å². The Morgan fingerprint density at radius 1 is 1.32 bits per heavy atom. The zero-order valence-electron chi connectivity index (χ0n) is 11.6. The molecule has 1 aromatic heterocycles. The second kappa shape index (κ2) is 6.20. The summed E-state index contributed by atoms with van der Waals surface area (Å²) in [5.74, 6) is 0. The van der Waals surface area contributed by atoms with Crippen LogP contribution in [0.4, 0.5) is 0 Å². The van der Waals surface area contributed by atoms with E-state index < -0.39 is 0 Å². The molecule has 0 bridgehead atoms. The molecule has 2 aliphatic rings. The summed E-state index contributed by atoms with van der Waals surface area (Å²) in [6.07, 6.45) is 8.86. The largest absolute Gasteiger partial charge is 0.314 e. The fourth-order valence-electron chi connectivity index (χ4n) is 3.50. The molecule has 0 aromatic carbocycles. The predicted molar refractivity (Wildman–Crippen MR) is 77.3 cm³/mol. The smallest absolute Gasteiger partial charge is 0.0967 e. The molecular weight excluding hydrogens is 262 g/mol. The molecule has 1 saturated heterocycles. The molecule has 6 heteroatoms. The Kier molecular flexibility index (Phi) is 4.81. The molecule has 1 aromatic rings. The van der Waals surface area contributed by atoms with Crippen LogP contribution < -0.4 is 5.32 Å². The first-order chi connectivity index (χ1) is 8.78. The van der Waals surface area contributed by atoms with Crippen LogP contribution in [0.1, 0.15) is 37.8 Å². The van der Waals surface area contributed by atoms with Crippen molar-refractivity contribution in [3.8, 4) is 0 Å². The lowest BCUT2D eigenvalue weighted by atomic mass is 9.79. The third-order valence-corrected chi connectivity index (χ3v) is 4.47. The van der Waals surface area contributed by atoms with Crippen molar-refractivity contribution >= 4 is 12.4 Å². The maximum Gasteiger partial charge on any atom is 0.0967 e. The Labute approximate surface area is 121 Å². The van der Waals surface area contributed by atoms with Crippen LogP contribution in [0.5, 0.6) is 0 Å². The quantitative estimate of drug-likeness (QED) is 0.891. The minimum absolute atomic E-state index is 0. The minimum atomic E-state index is 0. The molecule has 1 N–H and O–H groups in total. The Morgan fingerprint density at radius 2 is 2.11 bits per heavy atom. The van der Waals surface area contributed by atoms with Gasteiger partial charge in [0, 0.05) is 45.0 Å². The highest BCUT2D eigenvalue weighted by molar-refractivity contribution is 5.85. The van der Waals surface area contributed by atoms with Crippen molar-refractivity contribution in [3.63, 3.8) is 0 Å². The topological polar surface area (TPSA) is 46.0 Å². The van der Waals surface area contributed by atoms with E-state index in [9.17, 15) is 0 Å². The lowest BCUT2D eigenvalue weighted by Gasteiger charge is -2.49. The highest BCUT2D eigenvalue weighted by Crippen LogP contribution is 2.35. The van der Waals surface area contributed by atoms with Crippen molar-refractivity contribution < 1.29 is 0 Å². The van der Waals surface area contributed by atoms with E-state index in [0.717, 1.165) is 31.9 Å². The van der Waals surface area contributed by atoms with Gasteiger partial charge in [-0.1, -0.05) is 24.5 Å². The summed E-state index contributed by atoms with van der Waals surface area (Å²) >= 11 is 0. The summed E-state index contributed by atoms with van der Waals surface area (Å²) in [6.45, 7) is 4.33. The SMILES string of the molecule is Cl.Cn1cc(CN2CCNCC23CCCCC3)nn1. The maximum absolute atomic E-state index is 4.24. The van der Waals surface area contributed by atoms with Crippen LogP contribution >= 0.6 is 12.4 Å². The fourth-order valence-corrected chi connectivity index (χ4v) is 3.50. The van der Waals surface area contributed by atoms with Crippen molar-refractivity contribution in [2.45, 2.75) is 44.2 Å². The number of nitrogens with one attached hydrogen (secondary N) is 1.